The summed E-state index contributed by atoms with van der Waals surface area (Å²) in [6.07, 6.45) is 0. The summed E-state index contributed by atoms with van der Waals surface area (Å²) in [5, 5.41) is 1.84. The van der Waals surface area contributed by atoms with Gasteiger partial charge in [0.2, 0.25) is 0 Å². The van der Waals surface area contributed by atoms with Gasteiger partial charge < -0.3 is 0 Å². The van der Waals surface area contributed by atoms with Crippen LogP contribution in [0.3, 0.4) is 0 Å². The Morgan fingerprint density at radius 2 is 2.21 bits per heavy atom. The summed E-state index contributed by atoms with van der Waals surface area (Å²) < 4.78 is 13.8. The molecule has 0 aliphatic carbocycles. The van der Waals surface area contributed by atoms with E-state index in [-0.39, 0.29) is 5.82 Å². The minimum absolute atomic E-state index is 0.282. The molecule has 1 aromatic carbocycles. The van der Waals surface area contributed by atoms with Gasteiger partial charge in [-0.1, -0.05) is 11.6 Å². The number of nitrogens with zero attached hydrogens (tertiary/aromatic N) is 1. The molecule has 0 aliphatic heterocycles. The van der Waals surface area contributed by atoms with Crippen molar-refractivity contribution in [2.24, 2.45) is 0 Å². The molecule has 0 N–H and O–H groups in total. The predicted molar refractivity (Wildman–Crippen MR) is 60.2 cm³/mol. The summed E-state index contributed by atoms with van der Waals surface area (Å²) in [6, 6.07) is 4.75. The number of thiazole rings is 1. The average Bonchev–Trinajstić information content (AvgIpc) is 2.57. The molecule has 0 saturated heterocycles. The first-order chi connectivity index (χ1) is 6.66. The lowest BCUT2D eigenvalue weighted by molar-refractivity contribution is 0.621. The zero-order valence-electron chi connectivity index (χ0n) is 6.80. The highest BCUT2D eigenvalue weighted by molar-refractivity contribution is 9.10. The highest BCUT2D eigenvalue weighted by Gasteiger charge is 2.05. The lowest BCUT2D eigenvalue weighted by Gasteiger charge is -1.98. The number of halogens is 3. The van der Waals surface area contributed by atoms with Crippen LogP contribution in [0.1, 0.15) is 0 Å². The van der Waals surface area contributed by atoms with Crippen LogP contribution >= 0.6 is 38.9 Å². The maximum atomic E-state index is 12.9. The molecular formula is C9H4BrClFNS. The minimum atomic E-state index is -0.282. The molecular weight excluding hydrogens is 289 g/mol. The Bertz CT molecular complexity index is 472. The Morgan fingerprint density at radius 1 is 1.43 bits per heavy atom. The lowest BCUT2D eigenvalue weighted by Crippen LogP contribution is -1.81. The van der Waals surface area contributed by atoms with Gasteiger partial charge in [0.25, 0.3) is 0 Å². The molecule has 1 heterocycles. The van der Waals surface area contributed by atoms with Crippen LogP contribution in [0.5, 0.6) is 0 Å². The van der Waals surface area contributed by atoms with E-state index in [1.54, 1.807) is 12.1 Å². The molecule has 0 saturated carbocycles. The van der Waals surface area contributed by atoms with Gasteiger partial charge in [-0.15, -0.1) is 11.3 Å². The molecule has 5 heteroatoms. The number of aromatic nitrogens is 1. The number of benzene rings is 1. The van der Waals surface area contributed by atoms with Crippen LogP contribution in [0.15, 0.2) is 28.1 Å². The fraction of sp³-hybridized carbons (Fsp3) is 0. The first-order valence-corrected chi connectivity index (χ1v) is 5.78. The van der Waals surface area contributed by atoms with Gasteiger partial charge in [0.1, 0.15) is 5.82 Å². The van der Waals surface area contributed by atoms with Gasteiger partial charge in [-0.25, -0.2) is 9.37 Å². The summed E-state index contributed by atoms with van der Waals surface area (Å²) in [7, 11) is 0. The third-order valence-corrected chi connectivity index (χ3v) is 3.28. The van der Waals surface area contributed by atoms with E-state index in [0.29, 0.717) is 8.94 Å². The van der Waals surface area contributed by atoms with E-state index in [0.717, 1.165) is 11.3 Å². The summed E-state index contributed by atoms with van der Waals surface area (Å²) in [5.41, 5.74) is 1.61. The third kappa shape index (κ3) is 1.97. The topological polar surface area (TPSA) is 12.9 Å². The Hall–Kier alpha value is -0.450. The van der Waals surface area contributed by atoms with Gasteiger partial charge >= 0.3 is 0 Å². The van der Waals surface area contributed by atoms with Crippen LogP contribution in [-0.2, 0) is 0 Å². The maximum Gasteiger partial charge on any atom is 0.184 e. The number of hydrogen-bond donors (Lipinski definition) is 0. The Balaban J connectivity index is 2.47. The second kappa shape index (κ2) is 3.96. The van der Waals surface area contributed by atoms with E-state index < -0.39 is 0 Å². The van der Waals surface area contributed by atoms with Crippen molar-refractivity contribution in [3.05, 3.63) is 38.3 Å². The van der Waals surface area contributed by atoms with Gasteiger partial charge in [-0.2, -0.15) is 0 Å². The SMILES string of the molecule is Fc1ccc(-c2csc(Cl)n2)cc1Br. The zero-order chi connectivity index (χ0) is 10.1. The minimum Gasteiger partial charge on any atom is -0.225 e. The number of rotatable bonds is 1. The maximum absolute atomic E-state index is 12.9. The molecule has 1 aromatic heterocycles. The Labute approximate surface area is 97.7 Å². The molecule has 0 bridgehead atoms. The molecule has 1 nitrogen and oxygen atoms in total. The van der Waals surface area contributed by atoms with Crippen molar-refractivity contribution in [2.45, 2.75) is 0 Å². The largest absolute Gasteiger partial charge is 0.225 e. The van der Waals surface area contributed by atoms with E-state index in [2.05, 4.69) is 20.9 Å². The zero-order valence-corrected chi connectivity index (χ0v) is 9.96. The molecule has 14 heavy (non-hydrogen) atoms. The predicted octanol–water partition coefficient (Wildman–Crippen LogP) is 4.37. The van der Waals surface area contributed by atoms with Gasteiger partial charge in [0.15, 0.2) is 4.47 Å². The Morgan fingerprint density at radius 3 is 2.79 bits per heavy atom. The van der Waals surface area contributed by atoms with Crippen LogP contribution in [0.25, 0.3) is 11.3 Å². The van der Waals surface area contributed by atoms with E-state index >= 15 is 0 Å². The van der Waals surface area contributed by atoms with Gasteiger partial charge in [-0.05, 0) is 34.1 Å². The van der Waals surface area contributed by atoms with E-state index in [4.69, 9.17) is 11.6 Å². The molecule has 2 aromatic rings. The molecule has 0 amide bonds. The van der Waals surface area contributed by atoms with Crippen molar-refractivity contribution in [3.63, 3.8) is 0 Å². The van der Waals surface area contributed by atoms with E-state index in [1.165, 1.54) is 17.4 Å². The first-order valence-electron chi connectivity index (χ1n) is 3.73. The summed E-state index contributed by atoms with van der Waals surface area (Å²) in [5.74, 6) is -0.282. The standard InChI is InChI=1S/C9H4BrClFNS/c10-6-3-5(1-2-7(6)12)8-4-14-9(11)13-8/h1-4H. The summed E-state index contributed by atoms with van der Waals surface area (Å²) in [4.78, 5) is 4.09. The molecule has 0 unspecified atom stereocenters. The summed E-state index contributed by atoms with van der Waals surface area (Å²) >= 11 is 10.2. The molecule has 0 atom stereocenters. The van der Waals surface area contributed by atoms with E-state index in [1.807, 2.05) is 5.38 Å². The van der Waals surface area contributed by atoms with Crippen LogP contribution < -0.4 is 0 Å². The molecule has 2 rings (SSSR count). The molecule has 0 fully saturated rings. The quantitative estimate of drug-likeness (QED) is 0.761. The van der Waals surface area contributed by atoms with Crippen molar-refractivity contribution in [1.29, 1.82) is 0 Å². The smallest absolute Gasteiger partial charge is 0.184 e. The van der Waals surface area contributed by atoms with Crippen molar-refractivity contribution >= 4 is 38.9 Å². The van der Waals surface area contributed by atoms with Crippen molar-refractivity contribution < 1.29 is 4.39 Å². The number of hydrogen-bond acceptors (Lipinski definition) is 2. The third-order valence-electron chi connectivity index (χ3n) is 1.69. The van der Waals surface area contributed by atoms with Crippen molar-refractivity contribution in [3.8, 4) is 11.3 Å². The normalized spacial score (nSPS) is 10.5. The molecule has 0 radical (unpaired) electrons. The fourth-order valence-corrected chi connectivity index (χ4v) is 2.19. The van der Waals surface area contributed by atoms with Crippen LogP contribution in [0, 0.1) is 5.82 Å². The molecule has 0 spiro atoms. The monoisotopic (exact) mass is 291 g/mol. The average molecular weight is 293 g/mol. The second-order valence-electron chi connectivity index (χ2n) is 2.61. The highest BCUT2D eigenvalue weighted by atomic mass is 79.9. The Kier molecular flexibility index (Phi) is 2.85. The van der Waals surface area contributed by atoms with Gasteiger partial charge in [0.05, 0.1) is 10.2 Å². The van der Waals surface area contributed by atoms with Gasteiger partial charge in [0, 0.05) is 10.9 Å². The highest BCUT2D eigenvalue weighted by Crippen LogP contribution is 2.27. The van der Waals surface area contributed by atoms with E-state index in [9.17, 15) is 4.39 Å². The lowest BCUT2D eigenvalue weighted by atomic mass is 10.2. The molecule has 0 aliphatic rings. The van der Waals surface area contributed by atoms with Crippen molar-refractivity contribution in [2.75, 3.05) is 0 Å². The summed E-state index contributed by atoms with van der Waals surface area (Å²) in [6.45, 7) is 0. The van der Waals surface area contributed by atoms with Crippen molar-refractivity contribution in [1.82, 2.24) is 4.98 Å². The molecule has 72 valence electrons. The fourth-order valence-electron chi connectivity index (χ4n) is 1.04. The first kappa shape index (κ1) is 10.1. The van der Waals surface area contributed by atoms with Gasteiger partial charge in [-0.3, -0.25) is 0 Å². The van der Waals surface area contributed by atoms with Crippen LogP contribution in [-0.4, -0.2) is 4.98 Å². The van der Waals surface area contributed by atoms with Crippen LogP contribution in [0.4, 0.5) is 4.39 Å². The second-order valence-corrected chi connectivity index (χ2v) is 4.91. The van der Waals surface area contributed by atoms with Crippen LogP contribution in [0.2, 0.25) is 4.47 Å².